The average molecular weight is 560 g/mol. The molecule has 8 nitrogen and oxygen atoms in total. The van der Waals surface area contributed by atoms with Crippen molar-refractivity contribution in [1.82, 2.24) is 0 Å². The second kappa shape index (κ2) is 10.9. The summed E-state index contributed by atoms with van der Waals surface area (Å²) in [5, 5.41) is -5.97. The van der Waals surface area contributed by atoms with Gasteiger partial charge in [-0.2, -0.15) is 52.3 Å². The second-order valence-electron chi connectivity index (χ2n) is 6.94. The van der Waals surface area contributed by atoms with Gasteiger partial charge in [-0.15, -0.1) is 0 Å². The number of esters is 2. The van der Waals surface area contributed by atoms with Crippen LogP contribution in [-0.4, -0.2) is 66.9 Å². The molecule has 0 aromatic carbocycles. The van der Waals surface area contributed by atoms with Gasteiger partial charge in [0.05, 0.1) is 12.7 Å². The van der Waals surface area contributed by atoms with E-state index >= 15 is 0 Å². The first-order chi connectivity index (χ1) is 15.3. The van der Waals surface area contributed by atoms with Gasteiger partial charge in [-0.25, -0.2) is 9.59 Å². The van der Waals surface area contributed by atoms with Crippen LogP contribution in [0, 0.1) is 0 Å². The molecule has 0 bridgehead atoms. The fraction of sp³-hybridized carbons (Fsp3) is 0.750. The summed E-state index contributed by atoms with van der Waals surface area (Å²) >= 11 is 0. The third-order valence-corrected chi connectivity index (χ3v) is 4.70. The number of hydrogen-bond donors (Lipinski definition) is 1. The van der Waals surface area contributed by atoms with Crippen molar-refractivity contribution in [2.45, 2.75) is 68.5 Å². The largest absolute Gasteiger partial charge is 0.468 e. The SMILES string of the molecule is C=C(C(=O)OC(OCCCCC(F)(F)C(F)(F)S(=O)(=O)O)(C(=O)OC(C)C)C(F)(F)F)C(F)(F)F. The summed E-state index contributed by atoms with van der Waals surface area (Å²) < 4.78 is 173. The monoisotopic (exact) mass is 560 g/mol. The maximum Gasteiger partial charge on any atom is 0.468 e. The zero-order chi connectivity index (χ0) is 28.3. The van der Waals surface area contributed by atoms with Crippen LogP contribution in [0.2, 0.25) is 0 Å². The summed E-state index contributed by atoms with van der Waals surface area (Å²) in [7, 11) is -6.58. The van der Waals surface area contributed by atoms with Crippen LogP contribution in [0.15, 0.2) is 12.2 Å². The molecule has 1 atom stereocenters. The van der Waals surface area contributed by atoms with Crippen molar-refractivity contribution < 1.29 is 80.7 Å². The standard InChI is InChI=1S/C16H18F10O8S/c1-8(2)33-11(28)13(15(22,23)24,34-10(27)9(3)14(19,20)21)32-7-5-4-6-12(17,18)16(25,26)35(29,30)31/h8H,3-7H2,1-2H3,(H,29,30,31). The Labute approximate surface area is 190 Å². The Morgan fingerprint density at radius 1 is 0.943 bits per heavy atom. The first-order valence-electron chi connectivity index (χ1n) is 8.97. The molecule has 0 amide bonds. The maximum absolute atomic E-state index is 13.7. The Kier molecular flexibility index (Phi) is 10.2. The molecule has 0 saturated carbocycles. The molecule has 206 valence electrons. The number of alkyl halides is 10. The summed E-state index contributed by atoms with van der Waals surface area (Å²) in [6, 6.07) is 0. The molecule has 1 unspecified atom stereocenters. The number of carbonyl (C=O) groups excluding carboxylic acids is 2. The Morgan fingerprint density at radius 2 is 1.43 bits per heavy atom. The van der Waals surface area contributed by atoms with Crippen molar-refractivity contribution in [3.05, 3.63) is 12.2 Å². The van der Waals surface area contributed by atoms with Crippen LogP contribution in [0.4, 0.5) is 43.9 Å². The van der Waals surface area contributed by atoms with Crippen LogP contribution in [0.3, 0.4) is 0 Å². The predicted molar refractivity (Wildman–Crippen MR) is 92.5 cm³/mol. The lowest BCUT2D eigenvalue weighted by atomic mass is 10.1. The summed E-state index contributed by atoms with van der Waals surface area (Å²) in [6.45, 7) is 2.66. The summed E-state index contributed by atoms with van der Waals surface area (Å²) in [5.41, 5.74) is -2.49. The summed E-state index contributed by atoms with van der Waals surface area (Å²) in [5.74, 6) is -15.6. The third kappa shape index (κ3) is 7.92. The van der Waals surface area contributed by atoms with Crippen molar-refractivity contribution >= 4 is 22.1 Å². The van der Waals surface area contributed by atoms with Crippen LogP contribution in [0.5, 0.6) is 0 Å². The van der Waals surface area contributed by atoms with Crippen LogP contribution in [-0.2, 0) is 33.9 Å². The molecule has 0 radical (unpaired) electrons. The van der Waals surface area contributed by atoms with Crippen molar-refractivity contribution in [1.29, 1.82) is 0 Å². The molecule has 1 N–H and O–H groups in total. The van der Waals surface area contributed by atoms with E-state index in [1.54, 1.807) is 0 Å². The van der Waals surface area contributed by atoms with Crippen LogP contribution < -0.4 is 0 Å². The molecule has 0 spiro atoms. The Balaban J connectivity index is 5.79. The van der Waals surface area contributed by atoms with Crippen LogP contribution >= 0.6 is 0 Å². The molecule has 0 heterocycles. The molecule has 0 aliphatic carbocycles. The minimum atomic E-state index is -6.58. The molecular formula is C16H18F10O8S. The van der Waals surface area contributed by atoms with Crippen molar-refractivity contribution in [3.63, 3.8) is 0 Å². The number of ether oxygens (including phenoxy) is 3. The van der Waals surface area contributed by atoms with Crippen LogP contribution in [0.1, 0.15) is 33.1 Å². The molecule has 0 rings (SSSR count). The Hall–Kier alpha value is -2.15. The first-order valence-corrected chi connectivity index (χ1v) is 10.4. The molecule has 0 aromatic heterocycles. The van der Waals surface area contributed by atoms with E-state index in [0.717, 1.165) is 13.8 Å². The normalized spacial score (nSPS) is 15.5. The highest BCUT2D eigenvalue weighted by Gasteiger charge is 2.69. The zero-order valence-electron chi connectivity index (χ0n) is 17.6. The minimum absolute atomic E-state index is 0.993. The van der Waals surface area contributed by atoms with Gasteiger partial charge in [-0.05, 0) is 26.7 Å². The van der Waals surface area contributed by atoms with Gasteiger partial charge in [-0.3, -0.25) is 4.55 Å². The van der Waals surface area contributed by atoms with E-state index < -0.39 is 88.9 Å². The molecule has 0 aliphatic heterocycles. The van der Waals surface area contributed by atoms with E-state index in [1.165, 1.54) is 0 Å². The van der Waals surface area contributed by atoms with Gasteiger partial charge in [0, 0.05) is 6.42 Å². The van der Waals surface area contributed by atoms with E-state index in [0.29, 0.717) is 0 Å². The second-order valence-corrected chi connectivity index (χ2v) is 8.40. The number of rotatable bonds is 12. The van der Waals surface area contributed by atoms with E-state index in [9.17, 15) is 61.9 Å². The number of carbonyl (C=O) groups is 2. The van der Waals surface area contributed by atoms with Crippen LogP contribution in [0.25, 0.3) is 0 Å². The van der Waals surface area contributed by atoms with E-state index in [4.69, 9.17) is 4.55 Å². The number of unbranched alkanes of at least 4 members (excludes halogenated alkanes) is 1. The topological polar surface area (TPSA) is 116 Å². The molecule has 19 heteroatoms. The maximum atomic E-state index is 13.7. The van der Waals surface area contributed by atoms with E-state index in [2.05, 4.69) is 20.8 Å². The Morgan fingerprint density at radius 3 is 1.80 bits per heavy atom. The van der Waals surface area contributed by atoms with Crippen molar-refractivity contribution in [2.75, 3.05) is 6.61 Å². The lowest BCUT2D eigenvalue weighted by Gasteiger charge is -2.33. The average Bonchev–Trinajstić information content (AvgIpc) is 2.62. The molecule has 0 saturated heterocycles. The smallest absolute Gasteiger partial charge is 0.458 e. The van der Waals surface area contributed by atoms with Crippen molar-refractivity contribution in [2.24, 2.45) is 0 Å². The highest BCUT2D eigenvalue weighted by atomic mass is 32.2. The minimum Gasteiger partial charge on any atom is -0.458 e. The van der Waals surface area contributed by atoms with E-state index in [1.807, 2.05) is 0 Å². The lowest BCUT2D eigenvalue weighted by molar-refractivity contribution is -0.356. The fourth-order valence-corrected chi connectivity index (χ4v) is 2.46. The van der Waals surface area contributed by atoms with Gasteiger partial charge in [0.25, 0.3) is 0 Å². The highest BCUT2D eigenvalue weighted by Crippen LogP contribution is 2.42. The van der Waals surface area contributed by atoms with Gasteiger partial charge in [0.1, 0.15) is 5.57 Å². The molecule has 35 heavy (non-hydrogen) atoms. The highest BCUT2D eigenvalue weighted by molar-refractivity contribution is 7.87. The van der Waals surface area contributed by atoms with Gasteiger partial charge >= 0.3 is 51.4 Å². The van der Waals surface area contributed by atoms with Gasteiger partial charge in [0.15, 0.2) is 0 Å². The van der Waals surface area contributed by atoms with Gasteiger partial charge in [0.2, 0.25) is 0 Å². The summed E-state index contributed by atoms with van der Waals surface area (Å²) in [6.07, 6.45) is -17.4. The molecular weight excluding hydrogens is 542 g/mol. The Bertz CT molecular complexity index is 895. The quantitative estimate of drug-likeness (QED) is 0.0945. The molecule has 0 fully saturated rings. The number of hydrogen-bond acceptors (Lipinski definition) is 7. The third-order valence-electron chi connectivity index (χ3n) is 3.75. The molecule has 0 aliphatic rings. The van der Waals surface area contributed by atoms with Gasteiger partial charge < -0.3 is 14.2 Å². The first kappa shape index (κ1) is 32.8. The number of halogens is 10. The van der Waals surface area contributed by atoms with Gasteiger partial charge in [-0.1, -0.05) is 6.58 Å². The fourth-order valence-electron chi connectivity index (χ4n) is 1.98. The summed E-state index contributed by atoms with van der Waals surface area (Å²) in [4.78, 5) is 23.6. The predicted octanol–water partition coefficient (Wildman–Crippen LogP) is 4.16. The lowest BCUT2D eigenvalue weighted by Crippen LogP contribution is -2.59. The molecule has 0 aromatic rings. The van der Waals surface area contributed by atoms with E-state index in [-0.39, 0.29) is 0 Å². The zero-order valence-corrected chi connectivity index (χ0v) is 18.4. The van der Waals surface area contributed by atoms with Crippen molar-refractivity contribution in [3.8, 4) is 0 Å².